The van der Waals surface area contributed by atoms with Gasteiger partial charge in [-0.2, -0.15) is 0 Å². The third-order valence-corrected chi connectivity index (χ3v) is 2.74. The maximum atomic E-state index is 11.8. The number of aliphatic carboxylic acids is 1. The van der Waals surface area contributed by atoms with E-state index in [1.807, 2.05) is 27.7 Å². The van der Waals surface area contributed by atoms with Gasteiger partial charge in [-0.1, -0.05) is 13.3 Å². The highest BCUT2D eigenvalue weighted by atomic mass is 16.4. The van der Waals surface area contributed by atoms with Gasteiger partial charge in [-0.3, -0.25) is 14.5 Å². The molecule has 0 radical (unpaired) electrons. The lowest BCUT2D eigenvalue weighted by Crippen LogP contribution is -2.50. The van der Waals surface area contributed by atoms with E-state index in [1.165, 1.54) is 0 Å². The predicted octanol–water partition coefficient (Wildman–Crippen LogP) is 1.48. The van der Waals surface area contributed by atoms with Gasteiger partial charge in [0.15, 0.2) is 0 Å². The average molecular weight is 258 g/mol. The van der Waals surface area contributed by atoms with Gasteiger partial charge >= 0.3 is 5.97 Å². The third-order valence-electron chi connectivity index (χ3n) is 2.74. The summed E-state index contributed by atoms with van der Waals surface area (Å²) >= 11 is 0. The third kappa shape index (κ3) is 7.27. The lowest BCUT2D eigenvalue weighted by atomic mass is 10.1. The van der Waals surface area contributed by atoms with Gasteiger partial charge < -0.3 is 10.4 Å². The highest BCUT2D eigenvalue weighted by Gasteiger charge is 2.25. The molecule has 0 saturated carbocycles. The molecule has 0 rings (SSSR count). The Kier molecular flexibility index (Phi) is 6.91. The van der Waals surface area contributed by atoms with E-state index in [1.54, 1.807) is 4.90 Å². The zero-order chi connectivity index (χ0) is 14.3. The first-order valence-electron chi connectivity index (χ1n) is 6.43. The number of amides is 1. The molecular formula is C13H26N2O3. The van der Waals surface area contributed by atoms with E-state index in [2.05, 4.69) is 12.2 Å². The maximum Gasteiger partial charge on any atom is 0.317 e. The predicted molar refractivity (Wildman–Crippen MR) is 71.5 cm³/mol. The fraction of sp³-hybridized carbons (Fsp3) is 0.846. The van der Waals surface area contributed by atoms with E-state index in [9.17, 15) is 9.59 Å². The summed E-state index contributed by atoms with van der Waals surface area (Å²) in [5.41, 5.74) is -0.344. The standard InChI is InChI=1S/C13H26N2O3/c1-6-7-10(2)14-11(16)8-15(9-12(17)18)13(3,4)5/h10H,6-9H2,1-5H3,(H,14,16)(H,17,18). The van der Waals surface area contributed by atoms with Crippen LogP contribution < -0.4 is 5.32 Å². The van der Waals surface area contributed by atoms with Crippen LogP contribution in [0.1, 0.15) is 47.5 Å². The van der Waals surface area contributed by atoms with Crippen LogP contribution in [0.5, 0.6) is 0 Å². The molecule has 0 aliphatic heterocycles. The number of hydrogen-bond acceptors (Lipinski definition) is 3. The van der Waals surface area contributed by atoms with Crippen molar-refractivity contribution in [3.05, 3.63) is 0 Å². The Bertz CT molecular complexity index is 284. The summed E-state index contributed by atoms with van der Waals surface area (Å²) in [7, 11) is 0. The fourth-order valence-electron chi connectivity index (χ4n) is 1.69. The number of nitrogens with one attached hydrogen (secondary N) is 1. The van der Waals surface area contributed by atoms with Gasteiger partial charge in [-0.05, 0) is 34.1 Å². The Hall–Kier alpha value is -1.10. The van der Waals surface area contributed by atoms with E-state index >= 15 is 0 Å². The average Bonchev–Trinajstić information content (AvgIpc) is 2.14. The summed E-state index contributed by atoms with van der Waals surface area (Å²) in [5, 5.41) is 11.7. The van der Waals surface area contributed by atoms with Crippen molar-refractivity contribution in [2.75, 3.05) is 13.1 Å². The second-order valence-corrected chi connectivity index (χ2v) is 5.68. The number of carboxylic acids is 1. The lowest BCUT2D eigenvalue weighted by molar-refractivity contribution is -0.140. The van der Waals surface area contributed by atoms with Crippen LogP contribution in [0.2, 0.25) is 0 Å². The van der Waals surface area contributed by atoms with Gasteiger partial charge in [0.1, 0.15) is 0 Å². The van der Waals surface area contributed by atoms with E-state index in [4.69, 9.17) is 5.11 Å². The van der Waals surface area contributed by atoms with Crippen molar-refractivity contribution in [1.29, 1.82) is 0 Å². The molecule has 106 valence electrons. The topological polar surface area (TPSA) is 69.6 Å². The highest BCUT2D eigenvalue weighted by Crippen LogP contribution is 2.12. The molecule has 5 heteroatoms. The zero-order valence-corrected chi connectivity index (χ0v) is 12.1. The Labute approximate surface area is 110 Å². The summed E-state index contributed by atoms with van der Waals surface area (Å²) in [4.78, 5) is 24.3. The summed E-state index contributed by atoms with van der Waals surface area (Å²) in [5.74, 6) is -1.04. The monoisotopic (exact) mass is 258 g/mol. The first-order valence-corrected chi connectivity index (χ1v) is 6.43. The summed E-state index contributed by atoms with van der Waals surface area (Å²) in [6.07, 6.45) is 1.94. The van der Waals surface area contributed by atoms with Crippen LogP contribution >= 0.6 is 0 Å². The largest absolute Gasteiger partial charge is 0.480 e. The molecule has 0 aromatic rings. The van der Waals surface area contributed by atoms with Crippen LogP contribution in [-0.2, 0) is 9.59 Å². The van der Waals surface area contributed by atoms with Crippen molar-refractivity contribution in [2.45, 2.75) is 59.0 Å². The van der Waals surface area contributed by atoms with Gasteiger partial charge in [0.2, 0.25) is 5.91 Å². The maximum absolute atomic E-state index is 11.8. The molecular weight excluding hydrogens is 232 g/mol. The molecule has 0 aliphatic carbocycles. The van der Waals surface area contributed by atoms with E-state index in [-0.39, 0.29) is 30.6 Å². The molecule has 1 unspecified atom stereocenters. The lowest BCUT2D eigenvalue weighted by Gasteiger charge is -2.33. The SMILES string of the molecule is CCCC(C)NC(=O)CN(CC(=O)O)C(C)(C)C. The molecule has 5 nitrogen and oxygen atoms in total. The van der Waals surface area contributed by atoms with E-state index < -0.39 is 5.97 Å². The zero-order valence-electron chi connectivity index (χ0n) is 12.1. The molecule has 18 heavy (non-hydrogen) atoms. The van der Waals surface area contributed by atoms with Crippen molar-refractivity contribution >= 4 is 11.9 Å². The molecule has 1 atom stereocenters. The Balaban J connectivity index is 4.40. The number of nitrogens with zero attached hydrogens (tertiary/aromatic N) is 1. The van der Waals surface area contributed by atoms with Crippen LogP contribution in [-0.4, -0.2) is 46.6 Å². The van der Waals surface area contributed by atoms with Gasteiger partial charge in [0.05, 0.1) is 13.1 Å². The Morgan fingerprint density at radius 1 is 1.28 bits per heavy atom. The molecule has 2 N–H and O–H groups in total. The number of carbonyl (C=O) groups is 2. The van der Waals surface area contributed by atoms with Gasteiger partial charge in [-0.15, -0.1) is 0 Å². The summed E-state index contributed by atoms with van der Waals surface area (Å²) in [6.45, 7) is 9.72. The fourth-order valence-corrected chi connectivity index (χ4v) is 1.69. The van der Waals surface area contributed by atoms with Crippen molar-refractivity contribution in [1.82, 2.24) is 10.2 Å². The van der Waals surface area contributed by atoms with Gasteiger partial charge in [0.25, 0.3) is 0 Å². The van der Waals surface area contributed by atoms with Crippen molar-refractivity contribution in [2.24, 2.45) is 0 Å². The Morgan fingerprint density at radius 3 is 2.22 bits per heavy atom. The molecule has 0 saturated heterocycles. The second kappa shape index (κ2) is 7.36. The van der Waals surface area contributed by atoms with E-state index in [0.717, 1.165) is 12.8 Å². The first kappa shape index (κ1) is 16.9. The van der Waals surface area contributed by atoms with Crippen molar-refractivity contribution in [3.63, 3.8) is 0 Å². The molecule has 0 aliphatic rings. The number of carbonyl (C=O) groups excluding carboxylic acids is 1. The van der Waals surface area contributed by atoms with Crippen molar-refractivity contribution < 1.29 is 14.7 Å². The van der Waals surface area contributed by atoms with Gasteiger partial charge in [0, 0.05) is 11.6 Å². The van der Waals surface area contributed by atoms with Crippen LogP contribution in [0.15, 0.2) is 0 Å². The molecule has 1 amide bonds. The molecule has 0 heterocycles. The quantitative estimate of drug-likeness (QED) is 0.725. The van der Waals surface area contributed by atoms with Crippen LogP contribution in [0.4, 0.5) is 0 Å². The molecule has 0 fully saturated rings. The number of rotatable bonds is 7. The minimum absolute atomic E-state index is 0.115. The normalized spacial score (nSPS) is 13.4. The Morgan fingerprint density at radius 2 is 1.83 bits per heavy atom. The first-order chi connectivity index (χ1) is 8.16. The van der Waals surface area contributed by atoms with Gasteiger partial charge in [-0.25, -0.2) is 0 Å². The van der Waals surface area contributed by atoms with E-state index in [0.29, 0.717) is 0 Å². The number of carboxylic acid groups (broad SMARTS) is 1. The molecule has 0 aromatic carbocycles. The smallest absolute Gasteiger partial charge is 0.317 e. The van der Waals surface area contributed by atoms with Crippen LogP contribution in [0, 0.1) is 0 Å². The molecule has 0 bridgehead atoms. The minimum Gasteiger partial charge on any atom is -0.480 e. The molecule has 0 spiro atoms. The highest BCUT2D eigenvalue weighted by molar-refractivity contribution is 5.79. The van der Waals surface area contributed by atoms with Crippen LogP contribution in [0.3, 0.4) is 0 Å². The van der Waals surface area contributed by atoms with Crippen molar-refractivity contribution in [3.8, 4) is 0 Å². The second-order valence-electron chi connectivity index (χ2n) is 5.68. The summed E-state index contributed by atoms with van der Waals surface area (Å²) < 4.78 is 0. The molecule has 0 aromatic heterocycles. The van der Waals surface area contributed by atoms with Crippen LogP contribution in [0.25, 0.3) is 0 Å². The summed E-state index contributed by atoms with van der Waals surface area (Å²) in [6, 6.07) is 0.133. The minimum atomic E-state index is -0.917. The number of hydrogen-bond donors (Lipinski definition) is 2.